The van der Waals surface area contributed by atoms with Gasteiger partial charge in [-0.25, -0.2) is 0 Å². The van der Waals surface area contributed by atoms with Gasteiger partial charge in [0.05, 0.1) is 0 Å². The fraction of sp³-hybridized carbons (Fsp3) is 0.750. The first-order valence-electron chi connectivity index (χ1n) is 2.12. The van der Waals surface area contributed by atoms with Gasteiger partial charge in [-0.2, -0.15) is 0 Å². The molecule has 0 aromatic carbocycles. The van der Waals surface area contributed by atoms with Crippen molar-refractivity contribution in [1.29, 1.82) is 0 Å². The van der Waals surface area contributed by atoms with Crippen molar-refractivity contribution in [3.63, 3.8) is 0 Å². The Morgan fingerprint density at radius 2 is 2.29 bits per heavy atom. The zero-order chi connectivity index (χ0) is 5.70. The van der Waals surface area contributed by atoms with Crippen LogP contribution in [0.4, 0.5) is 0 Å². The standard InChI is InChI=1S/C4H8O2Si/c1-4(2)7-6-3-5/h3-4H,1-2H3. The number of carbonyl (C=O) groups is 1. The molecule has 0 atom stereocenters. The second-order valence-corrected chi connectivity index (χ2v) is 3.11. The van der Waals surface area contributed by atoms with Gasteiger partial charge in [0.1, 0.15) is 0 Å². The van der Waals surface area contributed by atoms with Crippen LogP contribution in [0.2, 0.25) is 5.54 Å². The molecule has 0 saturated heterocycles. The summed E-state index contributed by atoms with van der Waals surface area (Å²) in [6.07, 6.45) is 0. The van der Waals surface area contributed by atoms with Crippen LogP contribution in [0.15, 0.2) is 0 Å². The van der Waals surface area contributed by atoms with Gasteiger partial charge >= 0.3 is 9.76 Å². The Hall–Kier alpha value is -0.313. The Bertz CT molecular complexity index is 53.7. The topological polar surface area (TPSA) is 26.3 Å². The van der Waals surface area contributed by atoms with E-state index in [1.165, 1.54) is 0 Å². The van der Waals surface area contributed by atoms with Crippen molar-refractivity contribution in [3.8, 4) is 0 Å². The molecular formula is C4H8O2Si. The van der Waals surface area contributed by atoms with Gasteiger partial charge in [-0.05, 0) is 5.54 Å². The summed E-state index contributed by atoms with van der Waals surface area (Å²) in [4.78, 5) is 9.49. The van der Waals surface area contributed by atoms with Gasteiger partial charge in [-0.15, -0.1) is 0 Å². The van der Waals surface area contributed by atoms with Crippen molar-refractivity contribution in [3.05, 3.63) is 0 Å². The number of hydrogen-bond acceptors (Lipinski definition) is 2. The summed E-state index contributed by atoms with van der Waals surface area (Å²) in [5.74, 6) is 0. The van der Waals surface area contributed by atoms with E-state index in [9.17, 15) is 4.79 Å². The minimum absolute atomic E-state index is 0.321. The molecule has 0 aliphatic heterocycles. The van der Waals surface area contributed by atoms with Crippen LogP contribution in [0.3, 0.4) is 0 Å². The van der Waals surface area contributed by atoms with Crippen molar-refractivity contribution in [2.24, 2.45) is 0 Å². The molecule has 0 saturated carbocycles. The number of carbonyl (C=O) groups excluding carboxylic acids is 1. The highest BCUT2D eigenvalue weighted by Crippen LogP contribution is 1.94. The molecule has 40 valence electrons. The van der Waals surface area contributed by atoms with Crippen molar-refractivity contribution in [2.75, 3.05) is 0 Å². The monoisotopic (exact) mass is 116 g/mol. The summed E-state index contributed by atoms with van der Waals surface area (Å²) in [5, 5.41) is 0. The number of hydrogen-bond donors (Lipinski definition) is 0. The van der Waals surface area contributed by atoms with Gasteiger partial charge < -0.3 is 4.43 Å². The highest BCUT2D eigenvalue weighted by Gasteiger charge is 1.94. The molecule has 0 aliphatic carbocycles. The molecule has 3 heteroatoms. The zero-order valence-electron chi connectivity index (χ0n) is 4.47. The third-order valence-electron chi connectivity index (χ3n) is 0.352. The smallest absolute Gasteiger partial charge is 0.317 e. The molecule has 0 N–H and O–H groups in total. The summed E-state index contributed by atoms with van der Waals surface area (Å²) in [6.45, 7) is 4.49. The van der Waals surface area contributed by atoms with Crippen molar-refractivity contribution in [1.82, 2.24) is 0 Å². The lowest BCUT2D eigenvalue weighted by atomic mass is 10.6. The molecule has 0 aliphatic rings. The molecule has 0 spiro atoms. The molecule has 0 heterocycles. The quantitative estimate of drug-likeness (QED) is 0.399. The average Bonchev–Trinajstić information content (AvgIpc) is 1.61. The predicted octanol–water partition coefficient (Wildman–Crippen LogP) is 0.607. The summed E-state index contributed by atoms with van der Waals surface area (Å²) < 4.78 is 4.44. The van der Waals surface area contributed by atoms with Crippen LogP contribution in [0.1, 0.15) is 13.8 Å². The Balaban J connectivity index is 2.81. The van der Waals surface area contributed by atoms with Crippen LogP contribution in [-0.2, 0) is 9.22 Å². The van der Waals surface area contributed by atoms with Crippen molar-refractivity contribution < 1.29 is 9.22 Å². The lowest BCUT2D eigenvalue weighted by Crippen LogP contribution is -1.99. The van der Waals surface area contributed by atoms with Gasteiger partial charge in [0.25, 0.3) is 6.47 Å². The van der Waals surface area contributed by atoms with E-state index in [1.54, 1.807) is 0 Å². The van der Waals surface area contributed by atoms with E-state index < -0.39 is 0 Å². The second kappa shape index (κ2) is 3.86. The molecule has 2 nitrogen and oxygen atoms in total. The van der Waals surface area contributed by atoms with Crippen LogP contribution >= 0.6 is 0 Å². The summed E-state index contributed by atoms with van der Waals surface area (Å²) >= 11 is 0. The summed E-state index contributed by atoms with van der Waals surface area (Å²) in [6, 6.07) is 0. The van der Waals surface area contributed by atoms with Gasteiger partial charge in [-0.3, -0.25) is 4.79 Å². The molecule has 0 fully saturated rings. The summed E-state index contributed by atoms with van der Waals surface area (Å²) in [7, 11) is 0.321. The molecule has 0 bridgehead atoms. The van der Waals surface area contributed by atoms with Crippen LogP contribution in [0.25, 0.3) is 0 Å². The third-order valence-corrected chi connectivity index (χ3v) is 1.06. The van der Waals surface area contributed by atoms with Crippen LogP contribution in [0, 0.1) is 0 Å². The van der Waals surface area contributed by atoms with E-state index >= 15 is 0 Å². The van der Waals surface area contributed by atoms with Crippen LogP contribution in [0.5, 0.6) is 0 Å². The fourth-order valence-corrected chi connectivity index (χ4v) is 0.492. The van der Waals surface area contributed by atoms with E-state index in [-0.39, 0.29) is 0 Å². The lowest BCUT2D eigenvalue weighted by molar-refractivity contribution is -0.120. The van der Waals surface area contributed by atoms with Crippen LogP contribution in [-0.4, -0.2) is 16.2 Å². The van der Waals surface area contributed by atoms with Gasteiger partial charge in [-0.1, -0.05) is 13.8 Å². The molecule has 0 rings (SSSR count). The average molecular weight is 116 g/mol. The Morgan fingerprint density at radius 3 is 2.43 bits per heavy atom. The van der Waals surface area contributed by atoms with Crippen LogP contribution < -0.4 is 0 Å². The van der Waals surface area contributed by atoms with Gasteiger partial charge in [0, 0.05) is 0 Å². The maximum atomic E-state index is 9.49. The van der Waals surface area contributed by atoms with E-state index in [2.05, 4.69) is 4.43 Å². The first-order chi connectivity index (χ1) is 3.27. The van der Waals surface area contributed by atoms with Crippen molar-refractivity contribution >= 4 is 16.2 Å². The SMILES string of the molecule is CC(C)[Si]OC=O. The minimum Gasteiger partial charge on any atom is -0.518 e. The number of rotatable bonds is 3. The molecule has 0 aromatic rings. The Labute approximate surface area is 45.8 Å². The van der Waals surface area contributed by atoms with Gasteiger partial charge in [0.2, 0.25) is 0 Å². The maximum Gasteiger partial charge on any atom is 0.317 e. The molecule has 7 heavy (non-hydrogen) atoms. The highest BCUT2D eigenvalue weighted by molar-refractivity contribution is 6.31. The lowest BCUT2D eigenvalue weighted by Gasteiger charge is -1.94. The maximum absolute atomic E-state index is 9.49. The first-order valence-corrected chi connectivity index (χ1v) is 3.10. The van der Waals surface area contributed by atoms with E-state index in [4.69, 9.17) is 0 Å². The Morgan fingerprint density at radius 1 is 1.71 bits per heavy atom. The Kier molecular flexibility index (Phi) is 3.69. The third kappa shape index (κ3) is 5.69. The van der Waals surface area contributed by atoms with Gasteiger partial charge in [0.15, 0.2) is 0 Å². The second-order valence-electron chi connectivity index (χ2n) is 1.49. The molecule has 2 radical (unpaired) electrons. The van der Waals surface area contributed by atoms with E-state index in [0.29, 0.717) is 21.8 Å². The largest absolute Gasteiger partial charge is 0.518 e. The fourth-order valence-electron chi connectivity index (χ4n) is 0.164. The minimum atomic E-state index is 0.321. The van der Waals surface area contributed by atoms with Crippen molar-refractivity contribution in [2.45, 2.75) is 19.4 Å². The summed E-state index contributed by atoms with van der Waals surface area (Å²) in [5.41, 5.74) is 0.477. The first kappa shape index (κ1) is 6.69. The highest BCUT2D eigenvalue weighted by atomic mass is 28.2. The normalized spacial score (nSPS) is 9.00. The molecule has 0 unspecified atom stereocenters. The predicted molar refractivity (Wildman–Crippen MR) is 28.0 cm³/mol. The zero-order valence-corrected chi connectivity index (χ0v) is 5.47. The van der Waals surface area contributed by atoms with E-state index in [0.717, 1.165) is 0 Å². The van der Waals surface area contributed by atoms with E-state index in [1.807, 2.05) is 13.8 Å². The molecular weight excluding hydrogens is 108 g/mol. The molecule has 0 amide bonds. The molecule has 0 aromatic heterocycles.